The maximum absolute atomic E-state index is 13.1. The van der Waals surface area contributed by atoms with Gasteiger partial charge in [0.05, 0.1) is 12.2 Å². The highest BCUT2D eigenvalue weighted by Gasteiger charge is 2.23. The van der Waals surface area contributed by atoms with Crippen LogP contribution in [-0.2, 0) is 4.74 Å². The number of halogens is 1. The molecule has 1 N–H and O–H groups in total. The second-order valence-corrected chi connectivity index (χ2v) is 6.30. The lowest BCUT2D eigenvalue weighted by molar-refractivity contribution is -0.0128. The third-order valence-electron chi connectivity index (χ3n) is 3.61. The van der Waals surface area contributed by atoms with E-state index in [4.69, 9.17) is 4.74 Å². The summed E-state index contributed by atoms with van der Waals surface area (Å²) in [6, 6.07) is 7.33. The van der Waals surface area contributed by atoms with Crippen molar-refractivity contribution in [1.29, 1.82) is 0 Å². The van der Waals surface area contributed by atoms with Crippen molar-refractivity contribution >= 4 is 0 Å². The summed E-state index contributed by atoms with van der Waals surface area (Å²) in [6.45, 7) is 7.33. The maximum atomic E-state index is 13.1. The lowest BCUT2D eigenvalue weighted by Crippen LogP contribution is -2.28. The standard InChI is InChI=1S/C17H26FNO/c1-12(2)10-13(3)20-17(11-19-16-8-9-16)14-4-6-15(18)7-5-14/h4-7,12-13,16-17,19H,8-11H2,1-3H3. The lowest BCUT2D eigenvalue weighted by Gasteiger charge is -2.24. The normalized spacial score (nSPS) is 18.2. The van der Waals surface area contributed by atoms with E-state index < -0.39 is 0 Å². The van der Waals surface area contributed by atoms with Crippen LogP contribution in [0.5, 0.6) is 0 Å². The van der Waals surface area contributed by atoms with Crippen LogP contribution in [0.2, 0.25) is 0 Å². The third-order valence-corrected chi connectivity index (χ3v) is 3.61. The van der Waals surface area contributed by atoms with Crippen molar-refractivity contribution in [3.63, 3.8) is 0 Å². The fourth-order valence-corrected chi connectivity index (χ4v) is 2.48. The van der Waals surface area contributed by atoms with Crippen molar-refractivity contribution in [3.8, 4) is 0 Å². The number of ether oxygens (including phenoxy) is 1. The largest absolute Gasteiger partial charge is 0.369 e. The Kier molecular flexibility index (Phi) is 5.55. The Labute approximate surface area is 121 Å². The molecular formula is C17H26FNO. The number of hydrogen-bond acceptors (Lipinski definition) is 2. The van der Waals surface area contributed by atoms with E-state index in [-0.39, 0.29) is 18.0 Å². The molecule has 1 aromatic rings. The van der Waals surface area contributed by atoms with Gasteiger partial charge in [-0.25, -0.2) is 4.39 Å². The van der Waals surface area contributed by atoms with Crippen LogP contribution in [0.15, 0.2) is 24.3 Å². The first-order chi connectivity index (χ1) is 9.54. The Morgan fingerprint density at radius 3 is 2.40 bits per heavy atom. The van der Waals surface area contributed by atoms with Gasteiger partial charge in [0.25, 0.3) is 0 Å². The Morgan fingerprint density at radius 1 is 1.20 bits per heavy atom. The number of nitrogens with one attached hydrogen (secondary N) is 1. The molecule has 0 saturated heterocycles. The van der Waals surface area contributed by atoms with E-state index >= 15 is 0 Å². The van der Waals surface area contributed by atoms with Gasteiger partial charge in [0.2, 0.25) is 0 Å². The first-order valence-electron chi connectivity index (χ1n) is 7.69. The van der Waals surface area contributed by atoms with E-state index in [0.717, 1.165) is 18.5 Å². The van der Waals surface area contributed by atoms with E-state index in [0.29, 0.717) is 12.0 Å². The average Bonchev–Trinajstić information content (AvgIpc) is 3.18. The smallest absolute Gasteiger partial charge is 0.123 e. The minimum Gasteiger partial charge on any atom is -0.369 e. The first kappa shape index (κ1) is 15.5. The van der Waals surface area contributed by atoms with Crippen LogP contribution in [0, 0.1) is 11.7 Å². The fourth-order valence-electron chi connectivity index (χ4n) is 2.48. The van der Waals surface area contributed by atoms with Crippen LogP contribution >= 0.6 is 0 Å². The number of hydrogen-bond donors (Lipinski definition) is 1. The average molecular weight is 279 g/mol. The summed E-state index contributed by atoms with van der Waals surface area (Å²) in [5.74, 6) is 0.424. The molecule has 2 atom stereocenters. The molecule has 1 aromatic carbocycles. The van der Waals surface area contributed by atoms with Crippen LogP contribution in [-0.4, -0.2) is 18.7 Å². The van der Waals surface area contributed by atoms with Crippen molar-refractivity contribution < 1.29 is 9.13 Å². The molecule has 20 heavy (non-hydrogen) atoms. The van der Waals surface area contributed by atoms with Crippen molar-refractivity contribution in [3.05, 3.63) is 35.6 Å². The zero-order valence-corrected chi connectivity index (χ0v) is 12.7. The van der Waals surface area contributed by atoms with Gasteiger partial charge in [0.1, 0.15) is 5.82 Å². The van der Waals surface area contributed by atoms with Crippen molar-refractivity contribution in [1.82, 2.24) is 5.32 Å². The molecule has 1 aliphatic carbocycles. The summed E-state index contributed by atoms with van der Waals surface area (Å²) in [7, 11) is 0. The lowest BCUT2D eigenvalue weighted by atomic mass is 10.1. The molecule has 0 amide bonds. The first-order valence-corrected chi connectivity index (χ1v) is 7.69. The van der Waals surface area contributed by atoms with Gasteiger partial charge in [-0.05, 0) is 49.8 Å². The summed E-state index contributed by atoms with van der Waals surface area (Å²) >= 11 is 0. The predicted octanol–water partition coefficient (Wildman–Crippen LogP) is 4.07. The zero-order chi connectivity index (χ0) is 14.5. The molecule has 0 aliphatic heterocycles. The molecule has 0 radical (unpaired) electrons. The molecule has 2 rings (SSSR count). The minimum atomic E-state index is -0.196. The molecule has 0 heterocycles. The Hall–Kier alpha value is -0.930. The molecule has 0 spiro atoms. The second-order valence-electron chi connectivity index (χ2n) is 6.30. The van der Waals surface area contributed by atoms with Gasteiger partial charge in [-0.1, -0.05) is 26.0 Å². The Morgan fingerprint density at radius 2 is 1.85 bits per heavy atom. The highest BCUT2D eigenvalue weighted by atomic mass is 19.1. The minimum absolute atomic E-state index is 0.00458. The summed E-state index contributed by atoms with van der Waals surface area (Å²) < 4.78 is 19.2. The molecule has 3 heteroatoms. The second kappa shape index (κ2) is 7.19. The van der Waals surface area contributed by atoms with Gasteiger partial charge in [0, 0.05) is 12.6 Å². The van der Waals surface area contributed by atoms with E-state index in [1.165, 1.54) is 25.0 Å². The Bertz CT molecular complexity index is 400. The molecule has 0 bridgehead atoms. The predicted molar refractivity (Wildman–Crippen MR) is 80.2 cm³/mol. The monoisotopic (exact) mass is 279 g/mol. The van der Waals surface area contributed by atoms with Crippen molar-refractivity contribution in [2.45, 2.75) is 58.3 Å². The maximum Gasteiger partial charge on any atom is 0.123 e. The fraction of sp³-hybridized carbons (Fsp3) is 0.647. The van der Waals surface area contributed by atoms with Crippen LogP contribution in [0.4, 0.5) is 4.39 Å². The zero-order valence-electron chi connectivity index (χ0n) is 12.7. The van der Waals surface area contributed by atoms with E-state index in [1.807, 2.05) is 12.1 Å². The topological polar surface area (TPSA) is 21.3 Å². The highest BCUT2D eigenvalue weighted by Crippen LogP contribution is 2.24. The molecule has 2 nitrogen and oxygen atoms in total. The summed E-state index contributed by atoms with van der Waals surface area (Å²) in [5.41, 5.74) is 1.05. The summed E-state index contributed by atoms with van der Waals surface area (Å²) in [6.07, 6.45) is 3.78. The van der Waals surface area contributed by atoms with Gasteiger partial charge in [-0.15, -0.1) is 0 Å². The molecular weight excluding hydrogens is 253 g/mol. The number of benzene rings is 1. The van der Waals surface area contributed by atoms with Crippen molar-refractivity contribution in [2.24, 2.45) is 5.92 Å². The van der Waals surface area contributed by atoms with Gasteiger partial charge in [0.15, 0.2) is 0 Å². The molecule has 1 saturated carbocycles. The van der Waals surface area contributed by atoms with E-state index in [2.05, 4.69) is 26.1 Å². The SMILES string of the molecule is CC(C)CC(C)OC(CNC1CC1)c1ccc(F)cc1. The van der Waals surface area contributed by atoms with Crippen LogP contribution in [0.1, 0.15) is 51.7 Å². The van der Waals surface area contributed by atoms with Crippen LogP contribution in [0.25, 0.3) is 0 Å². The third kappa shape index (κ3) is 5.22. The quantitative estimate of drug-likeness (QED) is 0.774. The molecule has 0 aromatic heterocycles. The molecule has 1 fully saturated rings. The summed E-state index contributed by atoms with van der Waals surface area (Å²) in [4.78, 5) is 0. The molecule has 112 valence electrons. The van der Waals surface area contributed by atoms with Gasteiger partial charge >= 0.3 is 0 Å². The summed E-state index contributed by atoms with van der Waals surface area (Å²) in [5, 5.41) is 3.51. The van der Waals surface area contributed by atoms with Crippen LogP contribution < -0.4 is 5.32 Å². The van der Waals surface area contributed by atoms with E-state index in [1.54, 1.807) is 0 Å². The van der Waals surface area contributed by atoms with E-state index in [9.17, 15) is 4.39 Å². The number of rotatable bonds is 8. The van der Waals surface area contributed by atoms with Crippen molar-refractivity contribution in [2.75, 3.05) is 6.54 Å². The highest BCUT2D eigenvalue weighted by molar-refractivity contribution is 5.19. The van der Waals surface area contributed by atoms with Gasteiger partial charge in [-0.2, -0.15) is 0 Å². The van der Waals surface area contributed by atoms with Gasteiger partial charge < -0.3 is 10.1 Å². The molecule has 2 unspecified atom stereocenters. The Balaban J connectivity index is 1.96. The van der Waals surface area contributed by atoms with Crippen LogP contribution in [0.3, 0.4) is 0 Å². The molecule has 1 aliphatic rings. The van der Waals surface area contributed by atoms with Gasteiger partial charge in [-0.3, -0.25) is 0 Å².